The van der Waals surface area contributed by atoms with Crippen LogP contribution in [-0.4, -0.2) is 36.6 Å². The lowest BCUT2D eigenvalue weighted by Gasteiger charge is -2.18. The molecule has 0 spiro atoms. The van der Waals surface area contributed by atoms with Crippen LogP contribution in [-0.2, 0) is 0 Å². The van der Waals surface area contributed by atoms with Crippen LogP contribution in [0.4, 0.5) is 0 Å². The van der Waals surface area contributed by atoms with Gasteiger partial charge in [-0.1, -0.05) is 20.8 Å². The van der Waals surface area contributed by atoms with E-state index in [1.165, 1.54) is 18.6 Å². The van der Waals surface area contributed by atoms with Gasteiger partial charge < -0.3 is 10.6 Å². The van der Waals surface area contributed by atoms with Crippen LogP contribution in [0.15, 0.2) is 4.99 Å². The zero-order valence-corrected chi connectivity index (χ0v) is 12.5. The molecular formula is C13H27N3S. The number of hydrogen-bond acceptors (Lipinski definition) is 2. The first-order valence-corrected chi connectivity index (χ1v) is 7.70. The molecule has 1 saturated heterocycles. The van der Waals surface area contributed by atoms with Crippen molar-refractivity contribution in [1.29, 1.82) is 0 Å². The van der Waals surface area contributed by atoms with Crippen LogP contribution < -0.4 is 10.6 Å². The molecule has 3 nitrogen and oxygen atoms in total. The number of rotatable bonds is 4. The quantitative estimate of drug-likeness (QED) is 0.600. The van der Waals surface area contributed by atoms with Gasteiger partial charge in [-0.3, -0.25) is 4.99 Å². The van der Waals surface area contributed by atoms with Gasteiger partial charge in [-0.15, -0.1) is 0 Å². The van der Waals surface area contributed by atoms with Gasteiger partial charge in [-0.25, -0.2) is 0 Å². The molecule has 1 heterocycles. The molecule has 0 aromatic heterocycles. The van der Waals surface area contributed by atoms with Crippen molar-refractivity contribution in [2.75, 3.05) is 25.4 Å². The van der Waals surface area contributed by atoms with Crippen molar-refractivity contribution < 1.29 is 0 Å². The highest BCUT2D eigenvalue weighted by Crippen LogP contribution is 2.25. The van der Waals surface area contributed by atoms with Crippen LogP contribution in [0, 0.1) is 5.41 Å². The van der Waals surface area contributed by atoms with Gasteiger partial charge >= 0.3 is 0 Å². The summed E-state index contributed by atoms with van der Waals surface area (Å²) in [4.78, 5) is 4.63. The Labute approximate surface area is 110 Å². The smallest absolute Gasteiger partial charge is 0.191 e. The predicted octanol–water partition coefficient (Wildman–Crippen LogP) is 2.48. The molecule has 0 aliphatic carbocycles. The molecule has 1 rings (SSSR count). The van der Waals surface area contributed by atoms with Gasteiger partial charge in [-0.2, -0.15) is 11.8 Å². The van der Waals surface area contributed by atoms with Gasteiger partial charge in [0.15, 0.2) is 5.96 Å². The largest absolute Gasteiger partial charge is 0.357 e. The monoisotopic (exact) mass is 257 g/mol. The van der Waals surface area contributed by atoms with Crippen molar-refractivity contribution in [2.24, 2.45) is 10.4 Å². The second-order valence-electron chi connectivity index (χ2n) is 5.77. The number of aliphatic imine (C=N–C) groups is 1. The number of hydrogen-bond donors (Lipinski definition) is 2. The third-order valence-corrected chi connectivity index (χ3v) is 3.98. The third kappa shape index (κ3) is 6.81. The van der Waals surface area contributed by atoms with Gasteiger partial charge in [-0.05, 0) is 30.9 Å². The lowest BCUT2D eigenvalue weighted by atomic mass is 9.97. The number of thioether (sulfide) groups is 1. The van der Waals surface area contributed by atoms with Crippen LogP contribution in [0.1, 0.15) is 40.5 Å². The highest BCUT2D eigenvalue weighted by Gasteiger charge is 2.16. The minimum absolute atomic E-state index is 0.254. The van der Waals surface area contributed by atoms with Crippen LogP contribution in [0.2, 0.25) is 0 Å². The minimum Gasteiger partial charge on any atom is -0.357 e. The van der Waals surface area contributed by atoms with E-state index in [4.69, 9.17) is 0 Å². The van der Waals surface area contributed by atoms with Crippen LogP contribution in [0.3, 0.4) is 0 Å². The van der Waals surface area contributed by atoms with Crippen LogP contribution in [0.5, 0.6) is 0 Å². The van der Waals surface area contributed by atoms with Crippen molar-refractivity contribution in [3.63, 3.8) is 0 Å². The minimum atomic E-state index is 0.254. The molecule has 0 radical (unpaired) electrons. The Morgan fingerprint density at radius 2 is 2.12 bits per heavy atom. The standard InChI is InChI=1S/C13H27N3S/c1-5-14-12(16-10-13(2,3)4)15-9-11-7-6-8-17-11/h11H,5-10H2,1-4H3,(H2,14,15,16). The maximum atomic E-state index is 4.63. The van der Waals surface area contributed by atoms with Crippen LogP contribution in [0.25, 0.3) is 0 Å². The van der Waals surface area contributed by atoms with E-state index in [1.54, 1.807) is 0 Å². The van der Waals surface area contributed by atoms with Crippen molar-refractivity contribution >= 4 is 17.7 Å². The molecule has 1 aliphatic rings. The van der Waals surface area contributed by atoms with Crippen molar-refractivity contribution in [1.82, 2.24) is 10.6 Å². The molecule has 17 heavy (non-hydrogen) atoms. The third-order valence-electron chi connectivity index (χ3n) is 2.58. The van der Waals surface area contributed by atoms with E-state index >= 15 is 0 Å². The van der Waals surface area contributed by atoms with E-state index in [-0.39, 0.29) is 5.41 Å². The van der Waals surface area contributed by atoms with E-state index in [1.807, 2.05) is 0 Å². The topological polar surface area (TPSA) is 36.4 Å². The fraction of sp³-hybridized carbons (Fsp3) is 0.923. The Balaban J connectivity index is 2.35. The molecule has 4 heteroatoms. The first-order chi connectivity index (χ1) is 8.01. The van der Waals surface area contributed by atoms with Crippen molar-refractivity contribution in [3.8, 4) is 0 Å². The summed E-state index contributed by atoms with van der Waals surface area (Å²) >= 11 is 2.08. The summed E-state index contributed by atoms with van der Waals surface area (Å²) in [5, 5.41) is 7.53. The molecule has 100 valence electrons. The van der Waals surface area contributed by atoms with E-state index in [0.717, 1.165) is 30.8 Å². The van der Waals surface area contributed by atoms with Gasteiger partial charge in [0.05, 0.1) is 0 Å². The van der Waals surface area contributed by atoms with Crippen LogP contribution >= 0.6 is 11.8 Å². The Hall–Kier alpha value is -0.380. The first-order valence-electron chi connectivity index (χ1n) is 6.65. The summed E-state index contributed by atoms with van der Waals surface area (Å²) < 4.78 is 0. The Morgan fingerprint density at radius 1 is 1.35 bits per heavy atom. The Kier molecular flexibility index (Phi) is 6.17. The molecule has 0 bridgehead atoms. The number of guanidine groups is 1. The average Bonchev–Trinajstić information content (AvgIpc) is 2.74. The van der Waals surface area contributed by atoms with E-state index in [0.29, 0.717) is 0 Å². The zero-order valence-electron chi connectivity index (χ0n) is 11.7. The summed E-state index contributed by atoms with van der Waals surface area (Å²) in [5.41, 5.74) is 0.254. The fourth-order valence-corrected chi connectivity index (χ4v) is 2.87. The highest BCUT2D eigenvalue weighted by atomic mass is 32.2. The summed E-state index contributed by atoms with van der Waals surface area (Å²) in [5.74, 6) is 2.29. The Bertz CT molecular complexity index is 240. The summed E-state index contributed by atoms with van der Waals surface area (Å²) in [6.45, 7) is 11.6. The summed E-state index contributed by atoms with van der Waals surface area (Å²) in [7, 11) is 0. The maximum Gasteiger partial charge on any atom is 0.191 e. The molecular weight excluding hydrogens is 230 g/mol. The average molecular weight is 257 g/mol. The summed E-state index contributed by atoms with van der Waals surface area (Å²) in [6.07, 6.45) is 2.71. The van der Waals surface area contributed by atoms with E-state index in [9.17, 15) is 0 Å². The second kappa shape index (κ2) is 7.14. The Morgan fingerprint density at radius 3 is 2.65 bits per heavy atom. The van der Waals surface area contributed by atoms with Gasteiger partial charge in [0.1, 0.15) is 0 Å². The van der Waals surface area contributed by atoms with Gasteiger partial charge in [0.25, 0.3) is 0 Å². The van der Waals surface area contributed by atoms with Crippen molar-refractivity contribution in [3.05, 3.63) is 0 Å². The van der Waals surface area contributed by atoms with E-state index < -0.39 is 0 Å². The maximum absolute atomic E-state index is 4.63. The SMILES string of the molecule is CCNC(=NCC(C)(C)C)NCC1CCCS1. The fourth-order valence-electron chi connectivity index (χ4n) is 1.67. The second-order valence-corrected chi connectivity index (χ2v) is 7.18. The molecule has 2 N–H and O–H groups in total. The number of nitrogens with zero attached hydrogens (tertiary/aromatic N) is 1. The van der Waals surface area contributed by atoms with Crippen molar-refractivity contribution in [2.45, 2.75) is 45.8 Å². The van der Waals surface area contributed by atoms with Gasteiger partial charge in [0.2, 0.25) is 0 Å². The highest BCUT2D eigenvalue weighted by molar-refractivity contribution is 8.00. The zero-order chi connectivity index (χ0) is 12.7. The molecule has 0 saturated carbocycles. The molecule has 1 unspecified atom stereocenters. The first kappa shape index (κ1) is 14.7. The molecule has 1 fully saturated rings. The number of nitrogens with one attached hydrogen (secondary N) is 2. The van der Waals surface area contributed by atoms with Gasteiger partial charge in [0, 0.05) is 24.9 Å². The molecule has 0 aromatic rings. The molecule has 0 amide bonds. The molecule has 1 atom stereocenters. The normalized spacial score (nSPS) is 21.6. The molecule has 0 aromatic carbocycles. The molecule has 1 aliphatic heterocycles. The predicted molar refractivity (Wildman–Crippen MR) is 78.9 cm³/mol. The lowest BCUT2D eigenvalue weighted by molar-refractivity contribution is 0.428. The summed E-state index contributed by atoms with van der Waals surface area (Å²) in [6, 6.07) is 0. The lowest BCUT2D eigenvalue weighted by Crippen LogP contribution is -2.40. The van der Waals surface area contributed by atoms with E-state index in [2.05, 4.69) is 55.1 Å².